The van der Waals surface area contributed by atoms with Gasteiger partial charge in [-0.1, -0.05) is 19.4 Å². The van der Waals surface area contributed by atoms with Gasteiger partial charge in [0.1, 0.15) is 0 Å². The van der Waals surface area contributed by atoms with Gasteiger partial charge in [-0.05, 0) is 30.9 Å². The molecule has 3 heterocycles. The number of hydrogen-bond acceptors (Lipinski definition) is 4. The van der Waals surface area contributed by atoms with Crippen molar-refractivity contribution < 1.29 is 4.79 Å². The summed E-state index contributed by atoms with van der Waals surface area (Å²) in [4.78, 5) is 18.2. The Morgan fingerprint density at radius 2 is 2.30 bits per heavy atom. The van der Waals surface area contributed by atoms with Crippen molar-refractivity contribution in [3.8, 4) is 0 Å². The third kappa shape index (κ3) is 3.42. The zero-order valence-corrected chi connectivity index (χ0v) is 14.2. The Labute approximate surface area is 139 Å². The van der Waals surface area contributed by atoms with Gasteiger partial charge in [0.25, 0.3) is 5.91 Å². The molecule has 120 valence electrons. The van der Waals surface area contributed by atoms with Gasteiger partial charge in [-0.2, -0.15) is 5.10 Å². The number of fused-ring (bicyclic) bond motifs is 1. The summed E-state index contributed by atoms with van der Waals surface area (Å²) in [5.74, 6) is -0.0513. The molecule has 0 saturated heterocycles. The second kappa shape index (κ2) is 6.91. The van der Waals surface area contributed by atoms with Crippen LogP contribution < -0.4 is 5.32 Å². The Morgan fingerprint density at radius 3 is 3.04 bits per heavy atom. The highest BCUT2D eigenvalue weighted by Crippen LogP contribution is 2.20. The lowest BCUT2D eigenvalue weighted by Crippen LogP contribution is -2.24. The van der Waals surface area contributed by atoms with Crippen molar-refractivity contribution >= 4 is 28.3 Å². The first kappa shape index (κ1) is 15.7. The Bertz CT molecular complexity index is 807. The predicted molar refractivity (Wildman–Crippen MR) is 92.9 cm³/mol. The van der Waals surface area contributed by atoms with Crippen LogP contribution in [0.15, 0.2) is 29.8 Å². The summed E-state index contributed by atoms with van der Waals surface area (Å²) in [6, 6.07) is 5.93. The van der Waals surface area contributed by atoms with Gasteiger partial charge in [-0.15, -0.1) is 11.3 Å². The molecule has 0 bridgehead atoms. The molecule has 0 aromatic carbocycles. The molecule has 0 spiro atoms. The fraction of sp³-hybridized carbons (Fsp3) is 0.353. The summed E-state index contributed by atoms with van der Waals surface area (Å²) < 4.78 is 1.86. The van der Waals surface area contributed by atoms with Gasteiger partial charge in [0.15, 0.2) is 5.65 Å². The van der Waals surface area contributed by atoms with E-state index in [-0.39, 0.29) is 5.91 Å². The van der Waals surface area contributed by atoms with E-state index < -0.39 is 0 Å². The van der Waals surface area contributed by atoms with Crippen molar-refractivity contribution in [2.45, 2.75) is 33.2 Å². The highest BCUT2D eigenvalue weighted by Gasteiger charge is 2.15. The molecular formula is C17H20N4OS. The van der Waals surface area contributed by atoms with Crippen LogP contribution in [0.25, 0.3) is 11.0 Å². The summed E-state index contributed by atoms with van der Waals surface area (Å²) in [5.41, 5.74) is 2.24. The Hall–Kier alpha value is -2.21. The van der Waals surface area contributed by atoms with Crippen molar-refractivity contribution in [1.29, 1.82) is 0 Å². The first-order valence-corrected chi connectivity index (χ1v) is 8.70. The fourth-order valence-electron chi connectivity index (χ4n) is 2.50. The van der Waals surface area contributed by atoms with Crippen LogP contribution in [0.4, 0.5) is 0 Å². The third-order valence-corrected chi connectivity index (χ3v) is 4.54. The monoisotopic (exact) mass is 328 g/mol. The lowest BCUT2D eigenvalue weighted by Gasteiger charge is -2.07. The molecule has 0 aliphatic heterocycles. The number of hydrogen-bond donors (Lipinski definition) is 1. The van der Waals surface area contributed by atoms with Crippen LogP contribution in [-0.2, 0) is 6.54 Å². The van der Waals surface area contributed by atoms with Crippen molar-refractivity contribution in [1.82, 2.24) is 20.1 Å². The summed E-state index contributed by atoms with van der Waals surface area (Å²) in [6.07, 6.45) is 3.78. The highest BCUT2D eigenvalue weighted by molar-refractivity contribution is 7.09. The van der Waals surface area contributed by atoms with E-state index in [9.17, 15) is 4.79 Å². The maximum absolute atomic E-state index is 12.4. The van der Waals surface area contributed by atoms with E-state index >= 15 is 0 Å². The molecule has 0 aliphatic rings. The minimum Gasteiger partial charge on any atom is -0.352 e. The van der Waals surface area contributed by atoms with Crippen molar-refractivity contribution in [2.75, 3.05) is 6.54 Å². The molecule has 3 rings (SSSR count). The van der Waals surface area contributed by atoms with Gasteiger partial charge < -0.3 is 5.32 Å². The molecule has 5 nitrogen and oxygen atoms in total. The normalized spacial score (nSPS) is 11.0. The number of aryl methyl sites for hydroxylation is 1. The molecule has 1 amide bonds. The van der Waals surface area contributed by atoms with Crippen LogP contribution in [0.3, 0.4) is 0 Å². The van der Waals surface area contributed by atoms with E-state index in [1.807, 2.05) is 29.1 Å². The van der Waals surface area contributed by atoms with Crippen LogP contribution in [0.1, 0.15) is 40.7 Å². The Morgan fingerprint density at radius 1 is 1.43 bits per heavy atom. The molecule has 0 fully saturated rings. The average Bonchev–Trinajstić information content (AvgIpc) is 3.18. The summed E-state index contributed by atoms with van der Waals surface area (Å²) in [5, 5.41) is 10.3. The molecule has 3 aromatic rings. The number of carbonyl (C=O) groups excluding carboxylic acids is 1. The third-order valence-electron chi connectivity index (χ3n) is 3.68. The molecule has 0 atom stereocenters. The molecule has 1 N–H and O–H groups in total. The molecular weight excluding hydrogens is 308 g/mol. The second-order valence-electron chi connectivity index (χ2n) is 5.54. The number of nitrogens with zero attached hydrogens (tertiary/aromatic N) is 3. The molecule has 0 saturated carbocycles. The number of rotatable bonds is 6. The summed E-state index contributed by atoms with van der Waals surface area (Å²) in [7, 11) is 0. The lowest BCUT2D eigenvalue weighted by molar-refractivity contribution is 0.0954. The van der Waals surface area contributed by atoms with E-state index in [1.54, 1.807) is 17.5 Å². The Kier molecular flexibility index (Phi) is 4.71. The van der Waals surface area contributed by atoms with Crippen molar-refractivity contribution in [2.24, 2.45) is 0 Å². The molecule has 0 unspecified atom stereocenters. The first-order valence-electron chi connectivity index (χ1n) is 7.82. The maximum atomic E-state index is 12.4. The first-order chi connectivity index (χ1) is 11.2. The topological polar surface area (TPSA) is 59.8 Å². The maximum Gasteiger partial charge on any atom is 0.252 e. The van der Waals surface area contributed by atoms with Gasteiger partial charge in [0, 0.05) is 17.1 Å². The van der Waals surface area contributed by atoms with E-state index in [4.69, 9.17) is 0 Å². The number of carbonyl (C=O) groups is 1. The zero-order chi connectivity index (χ0) is 16.2. The van der Waals surface area contributed by atoms with Crippen LogP contribution >= 0.6 is 11.3 Å². The van der Waals surface area contributed by atoms with Gasteiger partial charge in [0.05, 0.1) is 23.7 Å². The van der Waals surface area contributed by atoms with Crippen molar-refractivity contribution in [3.63, 3.8) is 0 Å². The van der Waals surface area contributed by atoms with Gasteiger partial charge in [-0.25, -0.2) is 9.67 Å². The van der Waals surface area contributed by atoms with E-state index in [0.29, 0.717) is 18.7 Å². The largest absolute Gasteiger partial charge is 0.352 e. The quantitative estimate of drug-likeness (QED) is 0.706. The minimum atomic E-state index is -0.0513. The zero-order valence-electron chi connectivity index (χ0n) is 13.4. The number of unbranched alkanes of at least 4 members (excludes halogenated alkanes) is 1. The van der Waals surface area contributed by atoms with Crippen LogP contribution in [0, 0.1) is 6.92 Å². The summed E-state index contributed by atoms with van der Waals surface area (Å²) >= 11 is 1.69. The smallest absolute Gasteiger partial charge is 0.252 e. The van der Waals surface area contributed by atoms with E-state index in [2.05, 4.69) is 28.4 Å². The standard InChI is InChI=1S/C17H20N4OS/c1-3-4-7-18-17(22)14-9-12(2)20-16-15(14)10-19-21(16)11-13-6-5-8-23-13/h5-6,8-10H,3-4,7,11H2,1-2H3,(H,18,22). The van der Waals surface area contributed by atoms with Crippen LogP contribution in [0.5, 0.6) is 0 Å². The Balaban J connectivity index is 1.93. The van der Waals surface area contributed by atoms with E-state index in [1.165, 1.54) is 4.88 Å². The second-order valence-corrected chi connectivity index (χ2v) is 6.57. The average molecular weight is 328 g/mol. The predicted octanol–water partition coefficient (Wildman–Crippen LogP) is 3.38. The number of pyridine rings is 1. The number of aromatic nitrogens is 3. The van der Waals surface area contributed by atoms with Gasteiger partial charge in [0.2, 0.25) is 0 Å². The molecule has 23 heavy (non-hydrogen) atoms. The molecule has 0 radical (unpaired) electrons. The van der Waals surface area contributed by atoms with E-state index in [0.717, 1.165) is 29.6 Å². The number of amides is 1. The summed E-state index contributed by atoms with van der Waals surface area (Å²) in [6.45, 7) is 5.39. The number of thiophene rings is 1. The number of nitrogens with one attached hydrogen (secondary N) is 1. The minimum absolute atomic E-state index is 0.0513. The molecule has 3 aromatic heterocycles. The highest BCUT2D eigenvalue weighted by atomic mass is 32.1. The lowest BCUT2D eigenvalue weighted by atomic mass is 10.1. The van der Waals surface area contributed by atoms with Gasteiger partial charge in [-0.3, -0.25) is 4.79 Å². The molecule has 0 aliphatic carbocycles. The fourth-order valence-corrected chi connectivity index (χ4v) is 3.19. The SMILES string of the molecule is CCCCNC(=O)c1cc(C)nc2c1cnn2Cc1cccs1. The van der Waals surface area contributed by atoms with Crippen LogP contribution in [-0.4, -0.2) is 27.2 Å². The van der Waals surface area contributed by atoms with Crippen molar-refractivity contribution in [3.05, 3.63) is 45.9 Å². The molecule has 6 heteroatoms. The van der Waals surface area contributed by atoms with Crippen LogP contribution in [0.2, 0.25) is 0 Å². The van der Waals surface area contributed by atoms with Gasteiger partial charge >= 0.3 is 0 Å².